The molecule has 0 atom stereocenters. The first kappa shape index (κ1) is 18.3. The van der Waals surface area contributed by atoms with E-state index in [0.717, 1.165) is 15.3 Å². The van der Waals surface area contributed by atoms with Crippen LogP contribution in [0.1, 0.15) is 0 Å². The summed E-state index contributed by atoms with van der Waals surface area (Å²) in [5, 5.41) is 3.36. The van der Waals surface area contributed by atoms with Gasteiger partial charge in [0.2, 0.25) is 5.91 Å². The van der Waals surface area contributed by atoms with E-state index in [9.17, 15) is 4.79 Å². The summed E-state index contributed by atoms with van der Waals surface area (Å²) in [6.45, 7) is 0. The summed E-state index contributed by atoms with van der Waals surface area (Å²) >= 11 is 2.81. The molecule has 0 saturated carbocycles. The van der Waals surface area contributed by atoms with Crippen LogP contribution >= 0.6 is 23.1 Å². The Bertz CT molecular complexity index is 868. The number of rotatable bonds is 7. The van der Waals surface area contributed by atoms with Gasteiger partial charge in [-0.3, -0.25) is 4.79 Å². The number of thiazole rings is 1. The quantitative estimate of drug-likeness (QED) is 0.614. The lowest BCUT2D eigenvalue weighted by Crippen LogP contribution is -2.13. The predicted molar refractivity (Wildman–Crippen MR) is 105 cm³/mol. The highest BCUT2D eigenvalue weighted by molar-refractivity contribution is 8.00. The third-order valence-corrected chi connectivity index (χ3v) is 5.58. The number of amides is 1. The summed E-state index contributed by atoms with van der Waals surface area (Å²) in [5.41, 5.74) is 0.676. The number of carbonyl (C=O) groups excluding carboxylic acids is 1. The molecule has 0 spiro atoms. The van der Waals surface area contributed by atoms with Crippen molar-refractivity contribution in [1.82, 2.24) is 4.98 Å². The summed E-state index contributed by atoms with van der Waals surface area (Å²) < 4.78 is 16.7. The Morgan fingerprint density at radius 1 is 1.04 bits per heavy atom. The summed E-state index contributed by atoms with van der Waals surface area (Å²) in [5.74, 6) is 2.30. The molecule has 8 heteroatoms. The molecule has 1 N–H and O–H groups in total. The van der Waals surface area contributed by atoms with E-state index in [0.29, 0.717) is 22.1 Å². The number of nitrogens with zero attached hydrogens (tertiary/aromatic N) is 1. The van der Waals surface area contributed by atoms with Gasteiger partial charge in [0.05, 0.1) is 27.1 Å². The van der Waals surface area contributed by atoms with Gasteiger partial charge in [-0.2, -0.15) is 0 Å². The number of benzene rings is 2. The molecule has 136 valence electrons. The molecule has 0 bridgehead atoms. The van der Waals surface area contributed by atoms with Gasteiger partial charge in [0, 0.05) is 4.90 Å². The number of aromatic nitrogens is 1. The third-order valence-electron chi connectivity index (χ3n) is 3.59. The number of hydrogen-bond acceptors (Lipinski definition) is 7. The van der Waals surface area contributed by atoms with Crippen LogP contribution in [-0.4, -0.2) is 38.0 Å². The van der Waals surface area contributed by atoms with Gasteiger partial charge in [0.25, 0.3) is 0 Å². The van der Waals surface area contributed by atoms with Crippen LogP contribution in [0.25, 0.3) is 10.2 Å². The number of carbonyl (C=O) groups is 1. The molecule has 0 aliphatic heterocycles. The highest BCUT2D eigenvalue weighted by Gasteiger charge is 2.15. The molecule has 0 aliphatic carbocycles. The van der Waals surface area contributed by atoms with Gasteiger partial charge < -0.3 is 19.5 Å². The molecule has 0 unspecified atom stereocenters. The van der Waals surface area contributed by atoms with E-state index in [-0.39, 0.29) is 11.7 Å². The van der Waals surface area contributed by atoms with Gasteiger partial charge in [0.15, 0.2) is 5.13 Å². The summed E-state index contributed by atoms with van der Waals surface area (Å²) in [6, 6.07) is 11.2. The van der Waals surface area contributed by atoms with Crippen LogP contribution in [0.3, 0.4) is 0 Å². The highest BCUT2D eigenvalue weighted by Crippen LogP contribution is 2.38. The van der Waals surface area contributed by atoms with E-state index in [1.165, 1.54) is 23.1 Å². The Morgan fingerprint density at radius 2 is 1.73 bits per heavy atom. The van der Waals surface area contributed by atoms with Gasteiger partial charge in [-0.15, -0.1) is 11.8 Å². The van der Waals surface area contributed by atoms with Crippen LogP contribution in [0.4, 0.5) is 5.13 Å². The number of thioether (sulfide) groups is 1. The summed E-state index contributed by atoms with van der Waals surface area (Å²) in [4.78, 5) is 17.7. The maximum absolute atomic E-state index is 12.2. The molecule has 3 rings (SSSR count). The number of anilines is 1. The molecule has 6 nitrogen and oxygen atoms in total. The highest BCUT2D eigenvalue weighted by atomic mass is 32.2. The molecule has 2 aromatic carbocycles. The molecule has 0 saturated heterocycles. The minimum absolute atomic E-state index is 0.122. The Kier molecular flexibility index (Phi) is 5.85. The molecule has 0 aliphatic rings. The van der Waals surface area contributed by atoms with Gasteiger partial charge in [0.1, 0.15) is 27.5 Å². The summed E-state index contributed by atoms with van der Waals surface area (Å²) in [7, 11) is 4.81. The maximum atomic E-state index is 12.2. The zero-order valence-corrected chi connectivity index (χ0v) is 16.2. The zero-order chi connectivity index (χ0) is 18.5. The first-order valence-electron chi connectivity index (χ1n) is 7.73. The predicted octanol–water partition coefficient (Wildman–Crippen LogP) is 4.05. The largest absolute Gasteiger partial charge is 0.497 e. The molecular weight excluding hydrogens is 372 g/mol. The monoisotopic (exact) mass is 390 g/mol. The second kappa shape index (κ2) is 8.29. The van der Waals surface area contributed by atoms with Crippen molar-refractivity contribution in [2.75, 3.05) is 32.4 Å². The fraction of sp³-hybridized carbons (Fsp3) is 0.222. The molecule has 26 heavy (non-hydrogen) atoms. The zero-order valence-electron chi connectivity index (χ0n) is 14.6. The topological polar surface area (TPSA) is 69.7 Å². The first-order valence-corrected chi connectivity index (χ1v) is 9.53. The van der Waals surface area contributed by atoms with Gasteiger partial charge >= 0.3 is 0 Å². The first-order chi connectivity index (χ1) is 12.6. The van der Waals surface area contributed by atoms with Crippen molar-refractivity contribution in [1.29, 1.82) is 0 Å². The second-order valence-electron chi connectivity index (χ2n) is 5.18. The Balaban J connectivity index is 1.68. The van der Waals surface area contributed by atoms with Crippen molar-refractivity contribution >= 4 is 44.4 Å². The van der Waals surface area contributed by atoms with Crippen molar-refractivity contribution in [3.63, 3.8) is 0 Å². The minimum Gasteiger partial charge on any atom is -0.497 e. The van der Waals surface area contributed by atoms with E-state index in [1.54, 1.807) is 27.4 Å². The smallest absolute Gasteiger partial charge is 0.236 e. The fourth-order valence-electron chi connectivity index (χ4n) is 2.32. The van der Waals surface area contributed by atoms with E-state index in [4.69, 9.17) is 14.2 Å². The summed E-state index contributed by atoms with van der Waals surface area (Å²) in [6.07, 6.45) is 0. The molecule has 1 amide bonds. The van der Waals surface area contributed by atoms with E-state index >= 15 is 0 Å². The van der Waals surface area contributed by atoms with Crippen LogP contribution in [0, 0.1) is 0 Å². The molecule has 1 aromatic heterocycles. The molecular formula is C18H18N2O4S2. The Labute approximate surface area is 159 Å². The van der Waals surface area contributed by atoms with Gasteiger partial charge in [-0.05, 0) is 36.4 Å². The average molecular weight is 390 g/mol. The lowest BCUT2D eigenvalue weighted by molar-refractivity contribution is -0.113. The number of nitrogens with one attached hydrogen (secondary N) is 1. The van der Waals surface area contributed by atoms with Crippen LogP contribution in [0.2, 0.25) is 0 Å². The van der Waals surface area contributed by atoms with Crippen LogP contribution < -0.4 is 19.5 Å². The van der Waals surface area contributed by atoms with Crippen molar-refractivity contribution in [3.8, 4) is 17.2 Å². The second-order valence-corrected chi connectivity index (χ2v) is 7.23. The molecule has 0 radical (unpaired) electrons. The normalized spacial score (nSPS) is 10.6. The lowest BCUT2D eigenvalue weighted by Gasteiger charge is -2.03. The standard InChI is InChI=1S/C18H18N2O4S2/c1-22-11-4-6-12(7-5-11)25-10-15(21)19-18-20-16-13(23-2)8-9-14(24-3)17(16)26-18/h4-9H,10H2,1-3H3,(H,19,20,21). The molecule has 0 fully saturated rings. The van der Waals surface area contributed by atoms with Crippen LogP contribution in [0.5, 0.6) is 17.2 Å². The van der Waals surface area contributed by atoms with Crippen molar-refractivity contribution in [2.24, 2.45) is 0 Å². The van der Waals surface area contributed by atoms with Crippen molar-refractivity contribution in [3.05, 3.63) is 36.4 Å². The van der Waals surface area contributed by atoms with E-state index in [2.05, 4.69) is 10.3 Å². The lowest BCUT2D eigenvalue weighted by atomic mass is 10.3. The molecule has 1 heterocycles. The van der Waals surface area contributed by atoms with Gasteiger partial charge in [-0.25, -0.2) is 4.98 Å². The number of hydrogen-bond donors (Lipinski definition) is 1. The SMILES string of the molecule is COc1ccc(SCC(=O)Nc2nc3c(OC)ccc(OC)c3s2)cc1. The van der Waals surface area contributed by atoms with Crippen LogP contribution in [-0.2, 0) is 4.79 Å². The maximum Gasteiger partial charge on any atom is 0.236 e. The van der Waals surface area contributed by atoms with Crippen molar-refractivity contribution < 1.29 is 19.0 Å². The number of ether oxygens (including phenoxy) is 3. The third kappa shape index (κ3) is 4.03. The average Bonchev–Trinajstić information content (AvgIpc) is 3.09. The number of methoxy groups -OCH3 is 3. The Hall–Kier alpha value is -2.45. The van der Waals surface area contributed by atoms with E-state index in [1.807, 2.05) is 30.3 Å². The fourth-order valence-corrected chi connectivity index (χ4v) is 4.00. The Morgan fingerprint density at radius 3 is 2.38 bits per heavy atom. The van der Waals surface area contributed by atoms with Crippen molar-refractivity contribution in [2.45, 2.75) is 4.90 Å². The minimum atomic E-state index is -0.122. The molecule has 3 aromatic rings. The number of fused-ring (bicyclic) bond motifs is 1. The van der Waals surface area contributed by atoms with Crippen LogP contribution in [0.15, 0.2) is 41.3 Å². The van der Waals surface area contributed by atoms with Gasteiger partial charge in [-0.1, -0.05) is 11.3 Å². The van der Waals surface area contributed by atoms with E-state index < -0.39 is 0 Å².